The van der Waals surface area contributed by atoms with Crippen LogP contribution in [-0.2, 0) is 11.2 Å². The van der Waals surface area contributed by atoms with Crippen LogP contribution in [0.2, 0.25) is 5.02 Å². The van der Waals surface area contributed by atoms with Gasteiger partial charge in [-0.25, -0.2) is 0 Å². The Morgan fingerprint density at radius 3 is 2.67 bits per heavy atom. The standard InChI is InChI=1S/C12H14ClNO/c1-3-12(15)14-9(2)8-10-4-6-11(13)7-5-10/h3-7,9H,1,8H2,2H3,(H,14,15). The molecule has 15 heavy (non-hydrogen) atoms. The van der Waals surface area contributed by atoms with E-state index in [0.717, 1.165) is 17.0 Å². The Morgan fingerprint density at radius 2 is 2.13 bits per heavy atom. The first-order valence-electron chi connectivity index (χ1n) is 4.79. The van der Waals surface area contributed by atoms with E-state index in [0.29, 0.717) is 0 Å². The summed E-state index contributed by atoms with van der Waals surface area (Å²) in [5.74, 6) is -0.142. The van der Waals surface area contributed by atoms with Crippen LogP contribution in [-0.4, -0.2) is 11.9 Å². The van der Waals surface area contributed by atoms with Gasteiger partial charge in [0.1, 0.15) is 0 Å². The van der Waals surface area contributed by atoms with Gasteiger partial charge in [0.25, 0.3) is 0 Å². The summed E-state index contributed by atoms with van der Waals surface area (Å²) in [6.45, 7) is 5.36. The quantitative estimate of drug-likeness (QED) is 0.782. The topological polar surface area (TPSA) is 29.1 Å². The highest BCUT2D eigenvalue weighted by molar-refractivity contribution is 6.30. The lowest BCUT2D eigenvalue weighted by Crippen LogP contribution is -2.32. The Bertz CT molecular complexity index is 345. The fourth-order valence-corrected chi connectivity index (χ4v) is 1.45. The molecule has 1 unspecified atom stereocenters. The van der Waals surface area contributed by atoms with Crippen LogP contribution in [0.5, 0.6) is 0 Å². The minimum atomic E-state index is -0.142. The largest absolute Gasteiger partial charge is 0.350 e. The summed E-state index contributed by atoms with van der Waals surface area (Å²) in [5.41, 5.74) is 1.15. The summed E-state index contributed by atoms with van der Waals surface area (Å²) >= 11 is 5.77. The molecule has 0 aliphatic rings. The number of carbonyl (C=O) groups is 1. The number of hydrogen-bond donors (Lipinski definition) is 1. The van der Waals surface area contributed by atoms with Gasteiger partial charge in [0.05, 0.1) is 0 Å². The SMILES string of the molecule is C=CC(=O)NC(C)Cc1ccc(Cl)cc1. The Kier molecular flexibility index (Phi) is 4.37. The van der Waals surface area contributed by atoms with Crippen molar-refractivity contribution in [1.82, 2.24) is 5.32 Å². The van der Waals surface area contributed by atoms with Crippen molar-refractivity contribution >= 4 is 17.5 Å². The van der Waals surface area contributed by atoms with Crippen LogP contribution in [0.4, 0.5) is 0 Å². The summed E-state index contributed by atoms with van der Waals surface area (Å²) in [6, 6.07) is 7.70. The fourth-order valence-electron chi connectivity index (χ4n) is 1.33. The van der Waals surface area contributed by atoms with Crippen LogP contribution in [0.25, 0.3) is 0 Å². The molecule has 1 N–H and O–H groups in total. The van der Waals surface area contributed by atoms with Crippen molar-refractivity contribution in [3.8, 4) is 0 Å². The molecular formula is C12H14ClNO. The molecule has 0 radical (unpaired) electrons. The van der Waals surface area contributed by atoms with E-state index >= 15 is 0 Å². The number of carbonyl (C=O) groups excluding carboxylic acids is 1. The van der Waals surface area contributed by atoms with E-state index in [2.05, 4.69) is 11.9 Å². The molecular weight excluding hydrogens is 210 g/mol. The number of hydrogen-bond acceptors (Lipinski definition) is 1. The highest BCUT2D eigenvalue weighted by atomic mass is 35.5. The lowest BCUT2D eigenvalue weighted by atomic mass is 10.1. The highest BCUT2D eigenvalue weighted by Gasteiger charge is 2.05. The first-order chi connectivity index (χ1) is 7.11. The van der Waals surface area contributed by atoms with Crippen LogP contribution in [0.15, 0.2) is 36.9 Å². The monoisotopic (exact) mass is 223 g/mol. The third kappa shape index (κ3) is 4.17. The lowest BCUT2D eigenvalue weighted by molar-refractivity contribution is -0.117. The van der Waals surface area contributed by atoms with Gasteiger partial charge in [-0.3, -0.25) is 4.79 Å². The van der Waals surface area contributed by atoms with E-state index in [9.17, 15) is 4.79 Å². The molecule has 0 heterocycles. The Labute approximate surface area is 94.9 Å². The third-order valence-corrected chi connectivity index (χ3v) is 2.28. The van der Waals surface area contributed by atoms with Crippen molar-refractivity contribution in [1.29, 1.82) is 0 Å². The van der Waals surface area contributed by atoms with Gasteiger partial charge >= 0.3 is 0 Å². The van der Waals surface area contributed by atoms with E-state index < -0.39 is 0 Å². The van der Waals surface area contributed by atoms with Gasteiger partial charge < -0.3 is 5.32 Å². The molecule has 0 spiro atoms. The maximum atomic E-state index is 11.0. The first kappa shape index (κ1) is 11.8. The predicted octanol–water partition coefficient (Wildman–Crippen LogP) is 2.57. The molecule has 0 saturated heterocycles. The normalized spacial score (nSPS) is 11.9. The van der Waals surface area contributed by atoms with Crippen LogP contribution >= 0.6 is 11.6 Å². The number of amides is 1. The average Bonchev–Trinajstić information content (AvgIpc) is 2.21. The number of benzene rings is 1. The van der Waals surface area contributed by atoms with Gasteiger partial charge in [-0.1, -0.05) is 30.3 Å². The molecule has 2 nitrogen and oxygen atoms in total. The van der Waals surface area contributed by atoms with E-state index in [1.54, 1.807) is 0 Å². The molecule has 80 valence electrons. The van der Waals surface area contributed by atoms with Gasteiger partial charge in [-0.2, -0.15) is 0 Å². The molecule has 0 aromatic heterocycles. The minimum Gasteiger partial charge on any atom is -0.350 e. The van der Waals surface area contributed by atoms with Crippen molar-refractivity contribution in [3.63, 3.8) is 0 Å². The fraction of sp³-hybridized carbons (Fsp3) is 0.250. The van der Waals surface area contributed by atoms with Crippen molar-refractivity contribution < 1.29 is 4.79 Å². The van der Waals surface area contributed by atoms with E-state index in [1.807, 2.05) is 31.2 Å². The Balaban J connectivity index is 2.51. The van der Waals surface area contributed by atoms with Crippen LogP contribution in [0.1, 0.15) is 12.5 Å². The van der Waals surface area contributed by atoms with Gasteiger partial charge in [0, 0.05) is 11.1 Å². The number of halogens is 1. The third-order valence-electron chi connectivity index (χ3n) is 2.03. The van der Waals surface area contributed by atoms with Crippen LogP contribution in [0, 0.1) is 0 Å². The molecule has 1 aromatic rings. The molecule has 0 aliphatic carbocycles. The predicted molar refractivity (Wildman–Crippen MR) is 63.0 cm³/mol. The van der Waals surface area contributed by atoms with E-state index in [4.69, 9.17) is 11.6 Å². The summed E-state index contributed by atoms with van der Waals surface area (Å²) in [5, 5.41) is 3.53. The maximum absolute atomic E-state index is 11.0. The van der Waals surface area contributed by atoms with Crippen molar-refractivity contribution in [2.45, 2.75) is 19.4 Å². The minimum absolute atomic E-state index is 0.0941. The molecule has 0 aliphatic heterocycles. The van der Waals surface area contributed by atoms with Crippen molar-refractivity contribution in [2.75, 3.05) is 0 Å². The molecule has 0 bridgehead atoms. The summed E-state index contributed by atoms with van der Waals surface area (Å²) in [7, 11) is 0. The second-order valence-corrected chi connectivity index (χ2v) is 3.88. The van der Waals surface area contributed by atoms with Crippen molar-refractivity contribution in [3.05, 3.63) is 47.5 Å². The Morgan fingerprint density at radius 1 is 1.53 bits per heavy atom. The smallest absolute Gasteiger partial charge is 0.243 e. The first-order valence-corrected chi connectivity index (χ1v) is 5.17. The number of nitrogens with one attached hydrogen (secondary N) is 1. The molecule has 1 rings (SSSR count). The molecule has 1 amide bonds. The van der Waals surface area contributed by atoms with Crippen LogP contribution < -0.4 is 5.32 Å². The zero-order valence-electron chi connectivity index (χ0n) is 8.66. The second-order valence-electron chi connectivity index (χ2n) is 3.44. The Hall–Kier alpha value is -1.28. The molecule has 0 saturated carbocycles. The molecule has 3 heteroatoms. The molecule has 1 aromatic carbocycles. The van der Waals surface area contributed by atoms with Gasteiger partial charge in [0.15, 0.2) is 0 Å². The highest BCUT2D eigenvalue weighted by Crippen LogP contribution is 2.10. The van der Waals surface area contributed by atoms with Gasteiger partial charge in [0.2, 0.25) is 5.91 Å². The summed E-state index contributed by atoms with van der Waals surface area (Å²) in [6.07, 6.45) is 2.06. The van der Waals surface area contributed by atoms with E-state index in [1.165, 1.54) is 6.08 Å². The van der Waals surface area contributed by atoms with Gasteiger partial charge in [-0.05, 0) is 37.1 Å². The second kappa shape index (κ2) is 5.56. The number of rotatable bonds is 4. The zero-order valence-corrected chi connectivity index (χ0v) is 9.42. The molecule has 1 atom stereocenters. The summed E-state index contributed by atoms with van der Waals surface area (Å²) < 4.78 is 0. The molecule has 0 fully saturated rings. The summed E-state index contributed by atoms with van der Waals surface area (Å²) in [4.78, 5) is 11.0. The maximum Gasteiger partial charge on any atom is 0.243 e. The lowest BCUT2D eigenvalue weighted by Gasteiger charge is -2.12. The van der Waals surface area contributed by atoms with Gasteiger partial charge in [-0.15, -0.1) is 0 Å². The van der Waals surface area contributed by atoms with Crippen molar-refractivity contribution in [2.24, 2.45) is 0 Å². The zero-order chi connectivity index (χ0) is 11.3. The van der Waals surface area contributed by atoms with E-state index in [-0.39, 0.29) is 11.9 Å². The van der Waals surface area contributed by atoms with Crippen LogP contribution in [0.3, 0.4) is 0 Å². The average molecular weight is 224 g/mol.